The minimum Gasteiger partial charge on any atom is -0.339 e. The Labute approximate surface area is 157 Å². The minimum atomic E-state index is 0.0716. The highest BCUT2D eigenvalue weighted by molar-refractivity contribution is 5.97. The minimum absolute atomic E-state index is 0.0716. The van der Waals surface area contributed by atoms with Crippen molar-refractivity contribution < 1.29 is 9.42 Å². The first kappa shape index (κ1) is 16.4. The lowest BCUT2D eigenvalue weighted by Gasteiger charge is -2.40. The second-order valence-corrected chi connectivity index (χ2v) is 7.48. The van der Waals surface area contributed by atoms with Crippen LogP contribution in [0.15, 0.2) is 47.1 Å². The average molecular weight is 362 g/mol. The molecule has 5 rings (SSSR count). The van der Waals surface area contributed by atoms with Gasteiger partial charge in [0.15, 0.2) is 0 Å². The fourth-order valence-electron chi connectivity index (χ4n) is 4.36. The summed E-state index contributed by atoms with van der Waals surface area (Å²) in [6.45, 7) is 3.75. The summed E-state index contributed by atoms with van der Waals surface area (Å²) in [6, 6.07) is 14.7. The van der Waals surface area contributed by atoms with Gasteiger partial charge in [-0.15, -0.1) is 0 Å². The van der Waals surface area contributed by atoms with Crippen LogP contribution in [0.1, 0.15) is 34.3 Å². The number of carbonyl (C=O) groups excluding carboxylic acids is 1. The molecule has 2 aliphatic heterocycles. The average Bonchev–Trinajstić information content (AvgIpc) is 3.21. The number of likely N-dealkylation sites (tertiary alicyclic amines) is 1. The number of hydrogen-bond donors (Lipinski definition) is 0. The van der Waals surface area contributed by atoms with E-state index in [1.807, 2.05) is 11.0 Å². The fraction of sp³-hybridized carbons (Fsp3) is 0.381. The van der Waals surface area contributed by atoms with Crippen molar-refractivity contribution in [3.63, 3.8) is 0 Å². The predicted molar refractivity (Wildman–Crippen MR) is 101 cm³/mol. The van der Waals surface area contributed by atoms with Gasteiger partial charge >= 0.3 is 0 Å². The van der Waals surface area contributed by atoms with Crippen molar-refractivity contribution in [2.75, 3.05) is 19.6 Å². The number of benzene rings is 2. The Morgan fingerprint density at radius 2 is 1.74 bits per heavy atom. The highest BCUT2D eigenvalue weighted by Crippen LogP contribution is 2.25. The van der Waals surface area contributed by atoms with Crippen LogP contribution in [0.25, 0.3) is 11.0 Å². The molecule has 0 aliphatic carbocycles. The van der Waals surface area contributed by atoms with Crippen LogP contribution in [-0.2, 0) is 13.0 Å². The van der Waals surface area contributed by atoms with Gasteiger partial charge in [-0.25, -0.2) is 4.63 Å². The predicted octanol–water partition coefficient (Wildman–Crippen LogP) is 2.89. The van der Waals surface area contributed by atoms with Crippen LogP contribution in [0.2, 0.25) is 0 Å². The molecule has 0 unspecified atom stereocenters. The van der Waals surface area contributed by atoms with Crippen LogP contribution < -0.4 is 0 Å². The Hall–Kier alpha value is -2.73. The second kappa shape index (κ2) is 6.78. The Balaban J connectivity index is 1.23. The summed E-state index contributed by atoms with van der Waals surface area (Å²) >= 11 is 0. The largest absolute Gasteiger partial charge is 0.339 e. The number of rotatable bonds is 2. The molecule has 1 amide bonds. The number of nitrogens with zero attached hydrogens (tertiary/aromatic N) is 4. The maximum absolute atomic E-state index is 12.8. The number of carbonyl (C=O) groups is 1. The van der Waals surface area contributed by atoms with E-state index < -0.39 is 0 Å². The van der Waals surface area contributed by atoms with Crippen LogP contribution in [0, 0.1) is 0 Å². The third kappa shape index (κ3) is 3.10. The highest BCUT2D eigenvalue weighted by Gasteiger charge is 2.29. The highest BCUT2D eigenvalue weighted by atomic mass is 16.6. The zero-order valence-corrected chi connectivity index (χ0v) is 15.2. The lowest BCUT2D eigenvalue weighted by molar-refractivity contribution is 0.0599. The lowest BCUT2D eigenvalue weighted by atomic mass is 9.95. The van der Waals surface area contributed by atoms with Gasteiger partial charge in [0, 0.05) is 37.8 Å². The van der Waals surface area contributed by atoms with Crippen LogP contribution in [0.4, 0.5) is 0 Å². The summed E-state index contributed by atoms with van der Waals surface area (Å²) in [4.78, 5) is 17.4. The number of hydrogen-bond acceptors (Lipinski definition) is 5. The third-order valence-corrected chi connectivity index (χ3v) is 5.93. The van der Waals surface area contributed by atoms with E-state index >= 15 is 0 Å². The molecular weight excluding hydrogens is 340 g/mol. The third-order valence-electron chi connectivity index (χ3n) is 5.93. The molecule has 3 aromatic rings. The summed E-state index contributed by atoms with van der Waals surface area (Å²) in [5.41, 5.74) is 4.90. The summed E-state index contributed by atoms with van der Waals surface area (Å²) in [5, 5.41) is 7.63. The van der Waals surface area contributed by atoms with Crippen LogP contribution >= 0.6 is 0 Å². The molecule has 2 aromatic carbocycles. The summed E-state index contributed by atoms with van der Waals surface area (Å²) in [6.07, 6.45) is 3.18. The monoisotopic (exact) mass is 362 g/mol. The quantitative estimate of drug-likeness (QED) is 0.701. The van der Waals surface area contributed by atoms with E-state index in [2.05, 4.69) is 39.5 Å². The summed E-state index contributed by atoms with van der Waals surface area (Å²) in [7, 11) is 0. The van der Waals surface area contributed by atoms with Crippen LogP contribution in [0.3, 0.4) is 0 Å². The number of fused-ring (bicyclic) bond motifs is 2. The topological polar surface area (TPSA) is 62.5 Å². The maximum atomic E-state index is 12.8. The van der Waals surface area contributed by atoms with E-state index in [1.54, 1.807) is 12.1 Å². The molecule has 2 aliphatic rings. The van der Waals surface area contributed by atoms with Gasteiger partial charge in [-0.05, 0) is 58.9 Å². The van der Waals surface area contributed by atoms with Gasteiger partial charge in [-0.1, -0.05) is 24.3 Å². The zero-order valence-electron chi connectivity index (χ0n) is 15.2. The first-order valence-electron chi connectivity index (χ1n) is 9.60. The Morgan fingerprint density at radius 3 is 2.59 bits per heavy atom. The van der Waals surface area contributed by atoms with Crippen molar-refractivity contribution in [1.82, 2.24) is 20.1 Å². The van der Waals surface area contributed by atoms with Crippen molar-refractivity contribution in [3.05, 3.63) is 59.2 Å². The Bertz CT molecular complexity index is 975. The van der Waals surface area contributed by atoms with Crippen LogP contribution in [0.5, 0.6) is 0 Å². The molecule has 0 bridgehead atoms. The van der Waals surface area contributed by atoms with E-state index in [1.165, 1.54) is 11.1 Å². The zero-order chi connectivity index (χ0) is 18.2. The van der Waals surface area contributed by atoms with Crippen molar-refractivity contribution in [2.45, 2.75) is 31.8 Å². The van der Waals surface area contributed by atoms with Crippen molar-refractivity contribution in [3.8, 4) is 0 Å². The van der Waals surface area contributed by atoms with Gasteiger partial charge in [0.1, 0.15) is 11.0 Å². The SMILES string of the molecule is O=C(c1ccc2nonc2c1)N1CCC(N2CCc3ccccc3C2)CC1. The lowest BCUT2D eigenvalue weighted by Crippen LogP contribution is -2.48. The standard InChI is InChI=1S/C21H22N4O2/c26-21(16-5-6-19-20(13-16)23-27-22-19)24-11-8-18(9-12-24)25-10-7-15-3-1-2-4-17(15)14-25/h1-6,13,18H,7-12,14H2. The number of piperidine rings is 1. The van der Waals surface area contributed by atoms with Crippen molar-refractivity contribution in [1.29, 1.82) is 0 Å². The van der Waals surface area contributed by atoms with Gasteiger partial charge in [-0.3, -0.25) is 9.69 Å². The fourth-order valence-corrected chi connectivity index (χ4v) is 4.36. The number of amides is 1. The van der Waals surface area contributed by atoms with Gasteiger partial charge in [-0.2, -0.15) is 0 Å². The normalized spacial score (nSPS) is 18.6. The molecule has 0 N–H and O–H groups in total. The summed E-state index contributed by atoms with van der Waals surface area (Å²) < 4.78 is 4.72. The molecule has 0 saturated carbocycles. The van der Waals surface area contributed by atoms with E-state index in [0.717, 1.165) is 45.4 Å². The molecule has 6 nitrogen and oxygen atoms in total. The van der Waals surface area contributed by atoms with Gasteiger partial charge in [0.25, 0.3) is 5.91 Å². The molecule has 138 valence electrons. The van der Waals surface area contributed by atoms with E-state index in [9.17, 15) is 4.79 Å². The van der Waals surface area contributed by atoms with Gasteiger partial charge in [0.2, 0.25) is 0 Å². The molecular formula is C21H22N4O2. The molecule has 6 heteroatoms. The first-order valence-corrected chi connectivity index (χ1v) is 9.60. The molecule has 0 spiro atoms. The second-order valence-electron chi connectivity index (χ2n) is 7.48. The molecule has 27 heavy (non-hydrogen) atoms. The van der Waals surface area contributed by atoms with E-state index in [4.69, 9.17) is 4.63 Å². The van der Waals surface area contributed by atoms with Crippen LogP contribution in [-0.4, -0.2) is 51.7 Å². The molecule has 0 atom stereocenters. The Kier molecular flexibility index (Phi) is 4.13. The Morgan fingerprint density at radius 1 is 0.963 bits per heavy atom. The molecule has 1 aromatic heterocycles. The smallest absolute Gasteiger partial charge is 0.253 e. The van der Waals surface area contributed by atoms with Crippen molar-refractivity contribution in [2.24, 2.45) is 0 Å². The molecule has 1 fully saturated rings. The van der Waals surface area contributed by atoms with E-state index in [0.29, 0.717) is 22.6 Å². The molecule has 1 saturated heterocycles. The maximum Gasteiger partial charge on any atom is 0.253 e. The van der Waals surface area contributed by atoms with Crippen molar-refractivity contribution >= 4 is 16.9 Å². The van der Waals surface area contributed by atoms with E-state index in [-0.39, 0.29) is 5.91 Å². The molecule has 3 heterocycles. The summed E-state index contributed by atoms with van der Waals surface area (Å²) in [5.74, 6) is 0.0716. The van der Waals surface area contributed by atoms with Gasteiger partial charge < -0.3 is 4.90 Å². The number of aromatic nitrogens is 2. The van der Waals surface area contributed by atoms with Gasteiger partial charge in [0.05, 0.1) is 0 Å². The first-order chi connectivity index (χ1) is 13.3. The molecule has 0 radical (unpaired) electrons.